The van der Waals surface area contributed by atoms with Crippen LogP contribution in [0.1, 0.15) is 50.2 Å². The van der Waals surface area contributed by atoms with Gasteiger partial charge in [-0.05, 0) is 56.3 Å². The van der Waals surface area contributed by atoms with Gasteiger partial charge < -0.3 is 5.11 Å². The molecule has 1 N–H and O–H groups in total. The molecule has 20 heavy (non-hydrogen) atoms. The summed E-state index contributed by atoms with van der Waals surface area (Å²) in [4.78, 5) is 15.5. The molecule has 108 valence electrons. The summed E-state index contributed by atoms with van der Waals surface area (Å²) in [6, 6.07) is 0. The minimum absolute atomic E-state index is 0.0319. The molecule has 0 spiro atoms. The first kappa shape index (κ1) is 12.4. The van der Waals surface area contributed by atoms with Crippen LogP contribution in [-0.2, 0) is 23.7 Å². The van der Waals surface area contributed by atoms with Crippen LogP contribution in [0.2, 0.25) is 0 Å². The van der Waals surface area contributed by atoms with Crippen molar-refractivity contribution in [3.8, 4) is 0 Å². The van der Waals surface area contributed by atoms with Gasteiger partial charge in [-0.15, -0.1) is 0 Å². The van der Waals surface area contributed by atoms with Gasteiger partial charge in [-0.2, -0.15) is 5.10 Å². The molecule has 4 bridgehead atoms. The van der Waals surface area contributed by atoms with Crippen LogP contribution in [0.3, 0.4) is 0 Å². The van der Waals surface area contributed by atoms with Gasteiger partial charge in [0.15, 0.2) is 5.82 Å². The fourth-order valence-corrected chi connectivity index (χ4v) is 5.32. The standard InChI is InChI=1S/C15H21N3O2/c1-18-12(5-13(19)20)16-14(17-18)15-6-9-2-10(7-15)4-11(3-9)8-15/h9-11H,2-8H2,1H3,(H,19,20). The van der Waals surface area contributed by atoms with Crippen molar-refractivity contribution >= 4 is 5.97 Å². The Morgan fingerprint density at radius 3 is 2.30 bits per heavy atom. The van der Waals surface area contributed by atoms with Gasteiger partial charge in [0.05, 0.1) is 0 Å². The number of hydrogen-bond acceptors (Lipinski definition) is 3. The number of aromatic nitrogens is 3. The summed E-state index contributed by atoms with van der Waals surface area (Å²) in [6.07, 6.45) is 7.81. The van der Waals surface area contributed by atoms with Gasteiger partial charge >= 0.3 is 5.97 Å². The molecule has 1 aromatic rings. The first-order chi connectivity index (χ1) is 9.54. The van der Waals surface area contributed by atoms with Crippen molar-refractivity contribution in [1.82, 2.24) is 14.8 Å². The summed E-state index contributed by atoms with van der Waals surface area (Å²) in [6.45, 7) is 0. The van der Waals surface area contributed by atoms with Crippen LogP contribution in [0, 0.1) is 17.8 Å². The van der Waals surface area contributed by atoms with E-state index in [-0.39, 0.29) is 11.8 Å². The number of carbonyl (C=O) groups is 1. The van der Waals surface area contributed by atoms with E-state index in [0.29, 0.717) is 5.82 Å². The highest BCUT2D eigenvalue weighted by Crippen LogP contribution is 2.60. The molecule has 0 saturated heterocycles. The van der Waals surface area contributed by atoms with Crippen molar-refractivity contribution < 1.29 is 9.90 Å². The maximum absolute atomic E-state index is 10.9. The SMILES string of the molecule is Cn1nc(C23CC4CC(CC(C4)C2)C3)nc1CC(=O)O. The van der Waals surface area contributed by atoms with E-state index in [2.05, 4.69) is 10.1 Å². The average molecular weight is 275 g/mol. The second-order valence-electron chi connectivity index (χ2n) is 7.24. The zero-order valence-corrected chi connectivity index (χ0v) is 11.9. The van der Waals surface area contributed by atoms with E-state index in [9.17, 15) is 4.79 Å². The highest BCUT2D eigenvalue weighted by atomic mass is 16.4. The van der Waals surface area contributed by atoms with E-state index in [1.807, 2.05) is 7.05 Å². The zero-order chi connectivity index (χ0) is 13.9. The summed E-state index contributed by atoms with van der Waals surface area (Å²) in [5.41, 5.74) is 0.156. The smallest absolute Gasteiger partial charge is 0.311 e. The maximum atomic E-state index is 10.9. The van der Waals surface area contributed by atoms with Crippen molar-refractivity contribution in [2.75, 3.05) is 0 Å². The average Bonchev–Trinajstić information content (AvgIpc) is 2.69. The molecule has 0 unspecified atom stereocenters. The fraction of sp³-hybridized carbons (Fsp3) is 0.800. The lowest BCUT2D eigenvalue weighted by Crippen LogP contribution is -2.49. The molecule has 4 saturated carbocycles. The Bertz CT molecular complexity index is 528. The monoisotopic (exact) mass is 275 g/mol. The van der Waals surface area contributed by atoms with Crippen LogP contribution in [0.15, 0.2) is 0 Å². The second-order valence-corrected chi connectivity index (χ2v) is 7.24. The van der Waals surface area contributed by atoms with Crippen LogP contribution < -0.4 is 0 Å². The van der Waals surface area contributed by atoms with Crippen molar-refractivity contribution in [2.24, 2.45) is 24.8 Å². The van der Waals surface area contributed by atoms with Crippen molar-refractivity contribution in [2.45, 2.75) is 50.4 Å². The largest absolute Gasteiger partial charge is 0.481 e. The number of aryl methyl sites for hydroxylation is 1. The zero-order valence-electron chi connectivity index (χ0n) is 11.9. The van der Waals surface area contributed by atoms with Gasteiger partial charge in [0, 0.05) is 12.5 Å². The van der Waals surface area contributed by atoms with Crippen LogP contribution in [0.4, 0.5) is 0 Å². The molecule has 4 aliphatic carbocycles. The quantitative estimate of drug-likeness (QED) is 0.915. The lowest BCUT2D eigenvalue weighted by atomic mass is 9.49. The minimum atomic E-state index is -0.836. The van der Waals surface area contributed by atoms with Gasteiger partial charge in [0.2, 0.25) is 0 Å². The van der Waals surface area contributed by atoms with Gasteiger partial charge in [0.25, 0.3) is 0 Å². The Labute approximate surface area is 118 Å². The van der Waals surface area contributed by atoms with E-state index in [1.54, 1.807) is 4.68 Å². The third kappa shape index (κ3) is 1.79. The lowest BCUT2D eigenvalue weighted by Gasteiger charge is -2.55. The Kier molecular flexibility index (Phi) is 2.51. The Morgan fingerprint density at radius 1 is 1.25 bits per heavy atom. The molecular weight excluding hydrogens is 254 g/mol. The minimum Gasteiger partial charge on any atom is -0.481 e. The Hall–Kier alpha value is -1.39. The van der Waals surface area contributed by atoms with E-state index in [1.165, 1.54) is 38.5 Å². The van der Waals surface area contributed by atoms with Crippen molar-refractivity contribution in [3.05, 3.63) is 11.6 Å². The van der Waals surface area contributed by atoms with Crippen LogP contribution in [0.25, 0.3) is 0 Å². The normalized spacial score (nSPS) is 38.4. The molecule has 1 heterocycles. The van der Waals surface area contributed by atoms with Gasteiger partial charge in [-0.3, -0.25) is 9.48 Å². The predicted octanol–water partition coefficient (Wildman–Crippen LogP) is 1.91. The summed E-state index contributed by atoms with van der Waals surface area (Å²) in [7, 11) is 1.81. The highest BCUT2D eigenvalue weighted by molar-refractivity contribution is 5.69. The van der Waals surface area contributed by atoms with Gasteiger partial charge in [0.1, 0.15) is 12.2 Å². The molecule has 0 aliphatic heterocycles. The molecule has 0 amide bonds. The molecule has 4 aliphatic rings. The van der Waals surface area contributed by atoms with E-state index in [4.69, 9.17) is 5.11 Å². The van der Waals surface area contributed by atoms with E-state index < -0.39 is 5.97 Å². The summed E-state index contributed by atoms with van der Waals surface area (Å²) < 4.78 is 1.67. The first-order valence-electron chi connectivity index (χ1n) is 7.66. The van der Waals surface area contributed by atoms with Gasteiger partial charge in [-0.1, -0.05) is 0 Å². The molecule has 4 fully saturated rings. The van der Waals surface area contributed by atoms with E-state index >= 15 is 0 Å². The van der Waals surface area contributed by atoms with Crippen LogP contribution >= 0.6 is 0 Å². The van der Waals surface area contributed by atoms with Crippen molar-refractivity contribution in [3.63, 3.8) is 0 Å². The number of aliphatic carboxylic acids is 1. The maximum Gasteiger partial charge on any atom is 0.311 e. The number of carboxylic acid groups (broad SMARTS) is 1. The summed E-state index contributed by atoms with van der Waals surface area (Å²) in [5, 5.41) is 13.5. The topological polar surface area (TPSA) is 68.0 Å². The number of rotatable bonds is 3. The van der Waals surface area contributed by atoms with Crippen LogP contribution in [0.5, 0.6) is 0 Å². The summed E-state index contributed by atoms with van der Waals surface area (Å²) >= 11 is 0. The Morgan fingerprint density at radius 2 is 1.80 bits per heavy atom. The molecule has 0 atom stereocenters. The third-order valence-corrected chi connectivity index (χ3v) is 5.68. The second kappa shape index (κ2) is 4.06. The lowest BCUT2D eigenvalue weighted by molar-refractivity contribution is -0.136. The van der Waals surface area contributed by atoms with E-state index in [0.717, 1.165) is 23.6 Å². The summed E-state index contributed by atoms with van der Waals surface area (Å²) in [5.74, 6) is 3.24. The van der Waals surface area contributed by atoms with Crippen LogP contribution in [-0.4, -0.2) is 25.8 Å². The molecule has 0 radical (unpaired) electrons. The molecular formula is C15H21N3O2. The molecule has 1 aromatic heterocycles. The van der Waals surface area contributed by atoms with Gasteiger partial charge in [-0.25, -0.2) is 4.98 Å². The highest BCUT2D eigenvalue weighted by Gasteiger charge is 2.53. The molecule has 0 aromatic carbocycles. The number of hydrogen-bond donors (Lipinski definition) is 1. The molecule has 5 nitrogen and oxygen atoms in total. The predicted molar refractivity (Wildman–Crippen MR) is 72.2 cm³/mol. The first-order valence-corrected chi connectivity index (χ1v) is 7.66. The fourth-order valence-electron chi connectivity index (χ4n) is 5.32. The Balaban J connectivity index is 1.68. The molecule has 5 heteroatoms. The third-order valence-electron chi connectivity index (χ3n) is 5.68. The molecule has 5 rings (SSSR count). The number of nitrogens with zero attached hydrogens (tertiary/aromatic N) is 3. The van der Waals surface area contributed by atoms with Crippen molar-refractivity contribution in [1.29, 1.82) is 0 Å². The number of carboxylic acids is 1.